The Morgan fingerprint density at radius 2 is 1.86 bits per heavy atom. The van der Waals surface area contributed by atoms with Crippen LogP contribution in [0.4, 0.5) is 5.69 Å². The zero-order chi connectivity index (χ0) is 20.0. The summed E-state index contributed by atoms with van der Waals surface area (Å²) in [6, 6.07) is 8.00. The standard InChI is InChI=1S/C22H24N4O2/c1-13-8-18(9-14(2)21(13)28-5)25-12-16(4)26-20(22(25)27)19(11-24-26)17-6-7-23-15(3)10-17/h6-11,16H,12H2,1-5H3/t16-/m0/s1. The molecule has 3 aromatic rings. The van der Waals surface area contributed by atoms with Crippen LogP contribution in [-0.4, -0.2) is 34.3 Å². The maximum Gasteiger partial charge on any atom is 0.277 e. The number of benzene rings is 1. The van der Waals surface area contributed by atoms with Gasteiger partial charge in [-0.1, -0.05) is 0 Å². The summed E-state index contributed by atoms with van der Waals surface area (Å²) in [5.41, 5.74) is 6.25. The number of nitrogens with zero attached hydrogens (tertiary/aromatic N) is 4. The average molecular weight is 376 g/mol. The van der Waals surface area contributed by atoms with Crippen molar-refractivity contribution >= 4 is 11.6 Å². The van der Waals surface area contributed by atoms with Crippen LogP contribution in [-0.2, 0) is 0 Å². The molecule has 6 heteroatoms. The highest BCUT2D eigenvalue weighted by atomic mass is 16.5. The molecule has 0 spiro atoms. The molecule has 28 heavy (non-hydrogen) atoms. The van der Waals surface area contributed by atoms with E-state index < -0.39 is 0 Å². The van der Waals surface area contributed by atoms with Crippen molar-refractivity contribution in [2.24, 2.45) is 0 Å². The third-order valence-electron chi connectivity index (χ3n) is 5.28. The van der Waals surface area contributed by atoms with Gasteiger partial charge in [-0.05, 0) is 68.7 Å². The molecule has 1 atom stereocenters. The van der Waals surface area contributed by atoms with Gasteiger partial charge in [-0.15, -0.1) is 0 Å². The first-order valence-corrected chi connectivity index (χ1v) is 9.38. The van der Waals surface area contributed by atoms with E-state index in [0.717, 1.165) is 39.4 Å². The van der Waals surface area contributed by atoms with Gasteiger partial charge in [0.05, 0.1) is 19.3 Å². The summed E-state index contributed by atoms with van der Waals surface area (Å²) in [5, 5.41) is 4.51. The Hall–Kier alpha value is -3.15. The van der Waals surface area contributed by atoms with Crippen LogP contribution in [0.3, 0.4) is 0 Å². The second-order valence-corrected chi connectivity index (χ2v) is 7.41. The number of fused-ring (bicyclic) bond motifs is 1. The normalized spacial score (nSPS) is 16.2. The van der Waals surface area contributed by atoms with E-state index in [4.69, 9.17) is 4.74 Å². The van der Waals surface area contributed by atoms with Crippen LogP contribution in [0.5, 0.6) is 5.75 Å². The van der Waals surface area contributed by atoms with Gasteiger partial charge in [0, 0.05) is 29.7 Å². The molecule has 0 saturated heterocycles. The Morgan fingerprint density at radius 1 is 1.14 bits per heavy atom. The summed E-state index contributed by atoms with van der Waals surface area (Å²) in [4.78, 5) is 19.6. The highest BCUT2D eigenvalue weighted by molar-refractivity contribution is 6.10. The molecule has 6 nitrogen and oxygen atoms in total. The molecule has 1 aliphatic heterocycles. The number of aryl methyl sites for hydroxylation is 3. The third-order valence-corrected chi connectivity index (χ3v) is 5.28. The van der Waals surface area contributed by atoms with Crippen molar-refractivity contribution in [2.45, 2.75) is 33.7 Å². The first-order chi connectivity index (χ1) is 13.4. The highest BCUT2D eigenvalue weighted by Gasteiger charge is 2.34. The number of pyridine rings is 1. The van der Waals surface area contributed by atoms with Gasteiger partial charge >= 0.3 is 0 Å². The van der Waals surface area contributed by atoms with Crippen molar-refractivity contribution in [2.75, 3.05) is 18.6 Å². The van der Waals surface area contributed by atoms with Crippen molar-refractivity contribution in [1.82, 2.24) is 14.8 Å². The van der Waals surface area contributed by atoms with Crippen molar-refractivity contribution in [1.29, 1.82) is 0 Å². The van der Waals surface area contributed by atoms with E-state index >= 15 is 0 Å². The number of methoxy groups -OCH3 is 1. The molecule has 144 valence electrons. The summed E-state index contributed by atoms with van der Waals surface area (Å²) in [5.74, 6) is 0.822. The van der Waals surface area contributed by atoms with Crippen LogP contribution >= 0.6 is 0 Å². The Morgan fingerprint density at radius 3 is 2.50 bits per heavy atom. The fourth-order valence-electron chi connectivity index (χ4n) is 4.01. The van der Waals surface area contributed by atoms with E-state index in [0.29, 0.717) is 12.2 Å². The molecule has 0 aliphatic carbocycles. The van der Waals surface area contributed by atoms with Crippen molar-refractivity contribution in [3.8, 4) is 16.9 Å². The fraction of sp³-hybridized carbons (Fsp3) is 0.318. The number of carbonyl (C=O) groups is 1. The molecule has 1 aromatic carbocycles. The van der Waals surface area contributed by atoms with Gasteiger partial charge in [-0.3, -0.25) is 14.5 Å². The number of amides is 1. The molecule has 0 radical (unpaired) electrons. The van der Waals surface area contributed by atoms with E-state index in [1.807, 2.05) is 54.6 Å². The number of anilines is 1. The Labute approximate surface area is 164 Å². The summed E-state index contributed by atoms with van der Waals surface area (Å²) in [6.45, 7) is 8.61. The number of hydrogen-bond acceptors (Lipinski definition) is 4. The number of ether oxygens (including phenoxy) is 1. The minimum atomic E-state index is -0.0379. The SMILES string of the molecule is COc1c(C)cc(N2C[C@H](C)n3ncc(-c4ccnc(C)c4)c3C2=O)cc1C. The minimum Gasteiger partial charge on any atom is -0.496 e. The molecule has 3 heterocycles. The Balaban J connectivity index is 1.81. The maximum absolute atomic E-state index is 13.5. The first kappa shape index (κ1) is 18.2. The second kappa shape index (κ2) is 6.78. The van der Waals surface area contributed by atoms with E-state index in [2.05, 4.69) is 17.0 Å². The molecule has 0 fully saturated rings. The van der Waals surface area contributed by atoms with Crippen molar-refractivity contribution in [3.05, 3.63) is 59.2 Å². The van der Waals surface area contributed by atoms with Gasteiger partial charge in [0.25, 0.3) is 5.91 Å². The smallest absolute Gasteiger partial charge is 0.277 e. The Bertz CT molecular complexity index is 1050. The lowest BCUT2D eigenvalue weighted by molar-refractivity contribution is 0.0954. The summed E-state index contributed by atoms with van der Waals surface area (Å²) in [7, 11) is 1.67. The van der Waals surface area contributed by atoms with Crippen molar-refractivity contribution in [3.63, 3.8) is 0 Å². The van der Waals surface area contributed by atoms with Crippen LogP contribution in [0.15, 0.2) is 36.7 Å². The van der Waals surface area contributed by atoms with Crippen LogP contribution in [0.25, 0.3) is 11.1 Å². The van der Waals surface area contributed by atoms with E-state index in [-0.39, 0.29) is 11.9 Å². The number of aromatic nitrogens is 3. The summed E-state index contributed by atoms with van der Waals surface area (Å²) in [6.07, 6.45) is 3.55. The van der Waals surface area contributed by atoms with E-state index in [9.17, 15) is 4.79 Å². The molecule has 1 aliphatic rings. The molecule has 0 saturated carbocycles. The largest absolute Gasteiger partial charge is 0.496 e. The predicted octanol–water partition coefficient (Wildman–Crippen LogP) is 4.10. The molecule has 4 rings (SSSR count). The topological polar surface area (TPSA) is 60.2 Å². The second-order valence-electron chi connectivity index (χ2n) is 7.41. The fourth-order valence-corrected chi connectivity index (χ4v) is 4.01. The third kappa shape index (κ3) is 2.85. The van der Waals surface area contributed by atoms with Gasteiger partial charge < -0.3 is 9.64 Å². The monoisotopic (exact) mass is 376 g/mol. The average Bonchev–Trinajstić information content (AvgIpc) is 3.10. The quantitative estimate of drug-likeness (QED) is 0.690. The van der Waals surface area contributed by atoms with Gasteiger partial charge in [-0.25, -0.2) is 0 Å². The van der Waals surface area contributed by atoms with Crippen LogP contribution in [0.1, 0.15) is 40.3 Å². The van der Waals surface area contributed by atoms with Crippen molar-refractivity contribution < 1.29 is 9.53 Å². The van der Waals surface area contributed by atoms with Crippen LogP contribution in [0, 0.1) is 20.8 Å². The molecule has 0 unspecified atom stereocenters. The first-order valence-electron chi connectivity index (χ1n) is 9.38. The number of carbonyl (C=O) groups excluding carboxylic acids is 1. The zero-order valence-electron chi connectivity index (χ0n) is 16.9. The molecule has 1 amide bonds. The molecule has 2 aromatic heterocycles. The lowest BCUT2D eigenvalue weighted by Gasteiger charge is -2.33. The van der Waals surface area contributed by atoms with Crippen LogP contribution < -0.4 is 9.64 Å². The van der Waals surface area contributed by atoms with Gasteiger partial charge in [0.1, 0.15) is 11.4 Å². The lowest BCUT2D eigenvalue weighted by atomic mass is 10.0. The number of hydrogen-bond donors (Lipinski definition) is 0. The van der Waals surface area contributed by atoms with Gasteiger partial charge in [-0.2, -0.15) is 5.10 Å². The van der Waals surface area contributed by atoms with Crippen LogP contribution in [0.2, 0.25) is 0 Å². The minimum absolute atomic E-state index is 0.0379. The number of rotatable bonds is 3. The molecular formula is C22H24N4O2. The molecule has 0 bridgehead atoms. The lowest BCUT2D eigenvalue weighted by Crippen LogP contribution is -2.42. The Kier molecular flexibility index (Phi) is 4.41. The van der Waals surface area contributed by atoms with E-state index in [1.165, 1.54) is 0 Å². The molecular weight excluding hydrogens is 352 g/mol. The summed E-state index contributed by atoms with van der Waals surface area (Å²) < 4.78 is 7.32. The predicted molar refractivity (Wildman–Crippen MR) is 109 cm³/mol. The highest BCUT2D eigenvalue weighted by Crippen LogP contribution is 2.35. The van der Waals surface area contributed by atoms with Gasteiger partial charge in [0.2, 0.25) is 0 Å². The van der Waals surface area contributed by atoms with E-state index in [1.54, 1.807) is 19.5 Å². The molecule has 0 N–H and O–H groups in total. The van der Waals surface area contributed by atoms with Gasteiger partial charge in [0.15, 0.2) is 0 Å². The maximum atomic E-state index is 13.5. The summed E-state index contributed by atoms with van der Waals surface area (Å²) >= 11 is 0. The zero-order valence-corrected chi connectivity index (χ0v) is 16.9.